The molecule has 1 saturated heterocycles. The van der Waals surface area contributed by atoms with E-state index in [0.29, 0.717) is 38.1 Å². The van der Waals surface area contributed by atoms with Gasteiger partial charge in [0.1, 0.15) is 4.90 Å². The number of nitrogens with zero attached hydrogens (tertiary/aromatic N) is 3. The van der Waals surface area contributed by atoms with Crippen molar-refractivity contribution in [2.45, 2.75) is 31.1 Å². The number of carboxylic acid groups (broad SMARTS) is 1. The predicted octanol–water partition coefficient (Wildman–Crippen LogP) is 2.53. The second-order valence-corrected chi connectivity index (χ2v) is 8.84. The van der Waals surface area contributed by atoms with Gasteiger partial charge in [0.25, 0.3) is 0 Å². The Kier molecular flexibility index (Phi) is 7.77. The quantitative estimate of drug-likeness (QED) is 0.683. The van der Waals surface area contributed by atoms with Gasteiger partial charge >= 0.3 is 5.97 Å². The minimum absolute atomic E-state index is 0. The number of carboxylic acids is 1. The molecule has 0 atom stereocenters. The predicted molar refractivity (Wildman–Crippen MR) is 110 cm³/mol. The first-order valence-corrected chi connectivity index (χ1v) is 10.6. The second-order valence-electron chi connectivity index (χ2n) is 6.94. The van der Waals surface area contributed by atoms with Crippen LogP contribution < -0.4 is 0 Å². The minimum atomic E-state index is -3.59. The molecule has 1 aromatic heterocycles. The van der Waals surface area contributed by atoms with Crippen molar-refractivity contribution < 1.29 is 18.3 Å². The van der Waals surface area contributed by atoms with Crippen molar-refractivity contribution in [1.82, 2.24) is 14.2 Å². The van der Waals surface area contributed by atoms with Crippen LogP contribution in [0.3, 0.4) is 0 Å². The molecule has 1 fully saturated rings. The number of hydrogen-bond donors (Lipinski definition) is 1. The molecule has 2 aromatic rings. The molecule has 7 nitrogen and oxygen atoms in total. The van der Waals surface area contributed by atoms with Gasteiger partial charge in [-0.15, -0.1) is 12.4 Å². The Morgan fingerprint density at radius 2 is 1.89 bits per heavy atom. The zero-order valence-corrected chi connectivity index (χ0v) is 17.5. The van der Waals surface area contributed by atoms with Crippen molar-refractivity contribution in [3.05, 3.63) is 36.0 Å². The van der Waals surface area contributed by atoms with Crippen LogP contribution in [-0.4, -0.2) is 66.4 Å². The second kappa shape index (κ2) is 9.65. The topological polar surface area (TPSA) is 90.8 Å². The standard InChI is InChI=1S/C19H25N3O4S.ClH/c1-15-13-16-5-4-6-17(19(16)20-14-15)27(25,26)22-11-9-21(10-12-22)8-3-2-7-18(23)24;/h4-6,13-14H,2-3,7-12H2,1H3,(H,23,24);1H. The molecule has 0 amide bonds. The summed E-state index contributed by atoms with van der Waals surface area (Å²) in [5.41, 5.74) is 1.51. The molecule has 0 bridgehead atoms. The maximum atomic E-state index is 13.1. The lowest BCUT2D eigenvalue weighted by molar-refractivity contribution is -0.137. The van der Waals surface area contributed by atoms with Crippen LogP contribution in [0, 0.1) is 6.92 Å². The number of rotatable bonds is 7. The van der Waals surface area contributed by atoms with Crippen LogP contribution in [0.4, 0.5) is 0 Å². The summed E-state index contributed by atoms with van der Waals surface area (Å²) < 4.78 is 27.8. The van der Waals surface area contributed by atoms with Gasteiger partial charge in [-0.2, -0.15) is 4.31 Å². The third-order valence-electron chi connectivity index (χ3n) is 4.87. The van der Waals surface area contributed by atoms with Gasteiger partial charge in [-0.25, -0.2) is 8.42 Å². The fourth-order valence-electron chi connectivity index (χ4n) is 3.40. The van der Waals surface area contributed by atoms with Crippen molar-refractivity contribution in [3.8, 4) is 0 Å². The van der Waals surface area contributed by atoms with Crippen LogP contribution in [0.2, 0.25) is 0 Å². The maximum absolute atomic E-state index is 13.1. The van der Waals surface area contributed by atoms with Gasteiger partial charge in [0.15, 0.2) is 0 Å². The van der Waals surface area contributed by atoms with Crippen molar-refractivity contribution in [1.29, 1.82) is 0 Å². The lowest BCUT2D eigenvalue weighted by Gasteiger charge is -2.34. The third-order valence-corrected chi connectivity index (χ3v) is 6.80. The van der Waals surface area contributed by atoms with E-state index in [1.54, 1.807) is 18.3 Å². The molecular weight excluding hydrogens is 402 g/mol. The summed E-state index contributed by atoms with van der Waals surface area (Å²) in [4.78, 5) is 17.4. The summed E-state index contributed by atoms with van der Waals surface area (Å²) in [5.74, 6) is -0.773. The van der Waals surface area contributed by atoms with Gasteiger partial charge in [-0.1, -0.05) is 12.1 Å². The highest BCUT2D eigenvalue weighted by Gasteiger charge is 2.30. The average molecular weight is 428 g/mol. The highest BCUT2D eigenvalue weighted by Crippen LogP contribution is 2.25. The van der Waals surface area contributed by atoms with Crippen LogP contribution in [0.15, 0.2) is 35.4 Å². The van der Waals surface area contributed by atoms with Crippen molar-refractivity contribution in [3.63, 3.8) is 0 Å². The van der Waals surface area contributed by atoms with Crippen LogP contribution in [0.1, 0.15) is 24.8 Å². The SMILES string of the molecule is Cc1cnc2c(S(=O)(=O)N3CCN(CCCCC(=O)O)CC3)cccc2c1.Cl. The molecule has 2 heterocycles. The molecule has 1 aliphatic rings. The number of piperazine rings is 1. The number of hydrogen-bond acceptors (Lipinski definition) is 5. The number of aromatic nitrogens is 1. The van der Waals surface area contributed by atoms with Crippen molar-refractivity contribution in [2.75, 3.05) is 32.7 Å². The Balaban J connectivity index is 0.00000280. The van der Waals surface area contributed by atoms with Gasteiger partial charge in [0.05, 0.1) is 5.52 Å². The summed E-state index contributed by atoms with van der Waals surface area (Å²) >= 11 is 0. The van der Waals surface area contributed by atoms with Gasteiger partial charge < -0.3 is 10.0 Å². The number of benzene rings is 1. The van der Waals surface area contributed by atoms with E-state index < -0.39 is 16.0 Å². The fraction of sp³-hybridized carbons (Fsp3) is 0.474. The number of fused-ring (bicyclic) bond motifs is 1. The van der Waals surface area contributed by atoms with Crippen molar-refractivity contribution in [2.24, 2.45) is 0 Å². The number of pyridine rings is 1. The van der Waals surface area contributed by atoms with Gasteiger partial charge in [0.2, 0.25) is 10.0 Å². The first-order chi connectivity index (χ1) is 12.9. The molecule has 0 aliphatic carbocycles. The number of sulfonamides is 1. The van der Waals surface area contributed by atoms with Crippen LogP contribution in [0.25, 0.3) is 10.9 Å². The molecule has 1 N–H and O–H groups in total. The van der Waals surface area contributed by atoms with E-state index in [4.69, 9.17) is 5.11 Å². The number of unbranched alkanes of at least 4 members (excludes halogenated alkanes) is 1. The third kappa shape index (κ3) is 5.20. The molecule has 0 spiro atoms. The summed E-state index contributed by atoms with van der Waals surface area (Å²) in [6.45, 7) is 4.92. The van der Waals surface area contributed by atoms with Crippen LogP contribution >= 0.6 is 12.4 Å². The Morgan fingerprint density at radius 3 is 2.57 bits per heavy atom. The van der Waals surface area contributed by atoms with Crippen LogP contribution in [0.5, 0.6) is 0 Å². The van der Waals surface area contributed by atoms with Crippen LogP contribution in [-0.2, 0) is 14.8 Å². The van der Waals surface area contributed by atoms with E-state index >= 15 is 0 Å². The average Bonchev–Trinajstić information content (AvgIpc) is 2.64. The number of aryl methyl sites for hydroxylation is 1. The van der Waals surface area contributed by atoms with Gasteiger partial charge in [0, 0.05) is 44.2 Å². The van der Waals surface area contributed by atoms with Gasteiger partial charge in [-0.3, -0.25) is 9.78 Å². The largest absolute Gasteiger partial charge is 0.481 e. The van der Waals surface area contributed by atoms with E-state index in [1.807, 2.05) is 19.1 Å². The van der Waals surface area contributed by atoms with E-state index in [9.17, 15) is 13.2 Å². The van der Waals surface area contributed by atoms with Gasteiger partial charge in [-0.05, 0) is 44.0 Å². The minimum Gasteiger partial charge on any atom is -0.481 e. The Hall–Kier alpha value is -1.74. The van der Waals surface area contributed by atoms with Crippen molar-refractivity contribution >= 4 is 39.3 Å². The molecule has 1 aromatic carbocycles. The Labute approximate surface area is 171 Å². The van der Waals surface area contributed by atoms with E-state index in [1.165, 1.54) is 4.31 Å². The molecule has 0 unspecified atom stereocenters. The van der Waals surface area contributed by atoms with E-state index in [-0.39, 0.29) is 23.7 Å². The summed E-state index contributed by atoms with van der Waals surface area (Å²) in [6, 6.07) is 7.20. The summed E-state index contributed by atoms with van der Waals surface area (Å²) in [6.07, 6.45) is 3.33. The molecular formula is C19H26ClN3O4S. The molecule has 3 rings (SSSR count). The zero-order chi connectivity index (χ0) is 19.4. The zero-order valence-electron chi connectivity index (χ0n) is 15.9. The fourth-order valence-corrected chi connectivity index (χ4v) is 4.98. The Bertz CT molecular complexity index is 928. The number of para-hydroxylation sites is 1. The smallest absolute Gasteiger partial charge is 0.303 e. The molecule has 154 valence electrons. The Morgan fingerprint density at radius 1 is 1.18 bits per heavy atom. The number of carbonyl (C=O) groups is 1. The first-order valence-electron chi connectivity index (χ1n) is 9.17. The lowest BCUT2D eigenvalue weighted by atomic mass is 10.2. The molecule has 28 heavy (non-hydrogen) atoms. The molecule has 0 radical (unpaired) electrons. The molecule has 1 aliphatic heterocycles. The molecule has 9 heteroatoms. The summed E-state index contributed by atoms with van der Waals surface area (Å²) in [7, 11) is -3.59. The number of aliphatic carboxylic acids is 1. The highest BCUT2D eigenvalue weighted by atomic mass is 35.5. The van der Waals surface area contributed by atoms with E-state index in [0.717, 1.165) is 23.9 Å². The van der Waals surface area contributed by atoms with E-state index in [2.05, 4.69) is 9.88 Å². The highest BCUT2D eigenvalue weighted by molar-refractivity contribution is 7.89. The monoisotopic (exact) mass is 427 g/mol. The normalized spacial score (nSPS) is 16.0. The first kappa shape index (κ1) is 22.5. The number of halogens is 1. The molecule has 0 saturated carbocycles. The lowest BCUT2D eigenvalue weighted by Crippen LogP contribution is -2.48. The maximum Gasteiger partial charge on any atom is 0.303 e. The summed E-state index contributed by atoms with van der Waals surface area (Å²) in [5, 5.41) is 9.51.